The second kappa shape index (κ2) is 5.49. The van der Waals surface area contributed by atoms with Crippen LogP contribution in [0.5, 0.6) is 5.75 Å². The molecular formula is C14H15F2NO2. The Labute approximate surface area is 110 Å². The monoisotopic (exact) mass is 267 g/mol. The molecule has 1 aliphatic carbocycles. The number of isocyanates is 1. The summed E-state index contributed by atoms with van der Waals surface area (Å²) < 4.78 is 33.0. The summed E-state index contributed by atoms with van der Waals surface area (Å²) in [6.45, 7) is 1.95. The quantitative estimate of drug-likeness (QED) is 0.619. The predicted octanol–water partition coefficient (Wildman–Crippen LogP) is 3.47. The van der Waals surface area contributed by atoms with E-state index in [0.717, 1.165) is 12.8 Å². The van der Waals surface area contributed by atoms with E-state index in [1.54, 1.807) is 6.92 Å². The Balaban J connectivity index is 2.50. The zero-order valence-electron chi connectivity index (χ0n) is 10.7. The molecule has 0 saturated heterocycles. The fourth-order valence-corrected chi connectivity index (χ4v) is 2.65. The molecule has 0 bridgehead atoms. The number of nitrogens with zero attached hydrogens (tertiary/aromatic N) is 1. The molecule has 1 saturated carbocycles. The van der Waals surface area contributed by atoms with Gasteiger partial charge in [-0.25, -0.2) is 9.18 Å². The van der Waals surface area contributed by atoms with E-state index in [9.17, 15) is 13.6 Å². The third kappa shape index (κ3) is 2.38. The van der Waals surface area contributed by atoms with E-state index in [1.165, 1.54) is 18.2 Å². The van der Waals surface area contributed by atoms with Crippen molar-refractivity contribution >= 4 is 6.08 Å². The maximum Gasteiger partial charge on any atom is 0.235 e. The molecule has 1 fully saturated rings. The molecule has 1 aromatic carbocycles. The molecule has 0 atom stereocenters. The van der Waals surface area contributed by atoms with Gasteiger partial charge in [0.05, 0.1) is 6.61 Å². The number of benzene rings is 1. The lowest BCUT2D eigenvalue weighted by molar-refractivity contribution is 0.310. The minimum atomic E-state index is -1.02. The largest absolute Gasteiger partial charge is 0.491 e. The van der Waals surface area contributed by atoms with Crippen LogP contribution in [0.3, 0.4) is 0 Å². The molecule has 0 spiro atoms. The van der Waals surface area contributed by atoms with Gasteiger partial charge in [0.1, 0.15) is 5.54 Å². The Bertz CT molecular complexity index is 518. The SMILES string of the molecule is CCOc1ccc(C2(N=C=O)CCCC2)c(F)c1F. The van der Waals surface area contributed by atoms with Crippen molar-refractivity contribution < 1.29 is 18.3 Å². The highest BCUT2D eigenvalue weighted by Gasteiger charge is 2.39. The maximum atomic E-state index is 14.2. The number of rotatable bonds is 4. The van der Waals surface area contributed by atoms with Crippen molar-refractivity contribution in [1.82, 2.24) is 0 Å². The molecular weight excluding hydrogens is 252 g/mol. The van der Waals surface area contributed by atoms with E-state index in [4.69, 9.17) is 4.74 Å². The molecule has 2 rings (SSSR count). The molecule has 0 unspecified atom stereocenters. The first-order valence-corrected chi connectivity index (χ1v) is 6.35. The molecule has 1 aliphatic rings. The highest BCUT2D eigenvalue weighted by molar-refractivity contribution is 5.41. The lowest BCUT2D eigenvalue weighted by Crippen LogP contribution is -2.21. The normalized spacial score (nSPS) is 17.0. The molecule has 0 N–H and O–H groups in total. The van der Waals surface area contributed by atoms with Gasteiger partial charge in [-0.2, -0.15) is 9.38 Å². The molecule has 0 aliphatic heterocycles. The fraction of sp³-hybridized carbons (Fsp3) is 0.500. The number of halogens is 2. The second-order valence-electron chi connectivity index (χ2n) is 4.61. The van der Waals surface area contributed by atoms with E-state index >= 15 is 0 Å². The van der Waals surface area contributed by atoms with Crippen molar-refractivity contribution in [3.05, 3.63) is 29.3 Å². The van der Waals surface area contributed by atoms with Gasteiger partial charge in [-0.15, -0.1) is 0 Å². The van der Waals surface area contributed by atoms with Crippen LogP contribution >= 0.6 is 0 Å². The van der Waals surface area contributed by atoms with Gasteiger partial charge >= 0.3 is 0 Å². The van der Waals surface area contributed by atoms with Crippen LogP contribution in [0.25, 0.3) is 0 Å². The van der Waals surface area contributed by atoms with Gasteiger partial charge in [0, 0.05) is 5.56 Å². The zero-order chi connectivity index (χ0) is 13.9. The minimum absolute atomic E-state index is 0.119. The van der Waals surface area contributed by atoms with Crippen LogP contribution in [0, 0.1) is 11.6 Å². The van der Waals surface area contributed by atoms with E-state index in [1.807, 2.05) is 0 Å². The third-order valence-electron chi connectivity index (χ3n) is 3.54. The summed E-state index contributed by atoms with van der Waals surface area (Å²) in [4.78, 5) is 14.3. The molecule has 0 heterocycles. The van der Waals surface area contributed by atoms with Gasteiger partial charge in [0.2, 0.25) is 11.9 Å². The Kier molecular flexibility index (Phi) is 3.96. The number of ether oxygens (including phenoxy) is 1. The second-order valence-corrected chi connectivity index (χ2v) is 4.61. The number of aliphatic imine (C=N–C) groups is 1. The average Bonchev–Trinajstić information content (AvgIpc) is 2.85. The Morgan fingerprint density at radius 3 is 2.58 bits per heavy atom. The van der Waals surface area contributed by atoms with Gasteiger partial charge in [-0.3, -0.25) is 0 Å². The van der Waals surface area contributed by atoms with E-state index < -0.39 is 17.2 Å². The zero-order valence-corrected chi connectivity index (χ0v) is 10.7. The molecule has 0 radical (unpaired) electrons. The van der Waals surface area contributed by atoms with E-state index in [-0.39, 0.29) is 17.9 Å². The van der Waals surface area contributed by atoms with Gasteiger partial charge in [0.15, 0.2) is 11.6 Å². The van der Waals surface area contributed by atoms with Gasteiger partial charge < -0.3 is 4.74 Å². The summed E-state index contributed by atoms with van der Waals surface area (Å²) in [5.74, 6) is -2.12. The van der Waals surface area contributed by atoms with Crippen molar-refractivity contribution in [3.8, 4) is 5.75 Å². The van der Waals surface area contributed by atoms with Crippen molar-refractivity contribution in [1.29, 1.82) is 0 Å². The molecule has 5 heteroatoms. The summed E-state index contributed by atoms with van der Waals surface area (Å²) in [5, 5.41) is 0. The summed E-state index contributed by atoms with van der Waals surface area (Å²) >= 11 is 0. The Morgan fingerprint density at radius 2 is 2.00 bits per heavy atom. The highest BCUT2D eigenvalue weighted by Crippen LogP contribution is 2.44. The van der Waals surface area contributed by atoms with Crippen LogP contribution in [-0.4, -0.2) is 12.7 Å². The molecule has 19 heavy (non-hydrogen) atoms. The summed E-state index contributed by atoms with van der Waals surface area (Å²) in [6.07, 6.45) is 4.22. The molecule has 102 valence electrons. The minimum Gasteiger partial charge on any atom is -0.491 e. The van der Waals surface area contributed by atoms with E-state index in [0.29, 0.717) is 12.8 Å². The predicted molar refractivity (Wildman–Crippen MR) is 65.8 cm³/mol. The van der Waals surface area contributed by atoms with Crippen LogP contribution in [0.1, 0.15) is 38.2 Å². The van der Waals surface area contributed by atoms with Crippen LogP contribution in [0.15, 0.2) is 17.1 Å². The van der Waals surface area contributed by atoms with Crippen molar-refractivity contribution in [2.45, 2.75) is 38.1 Å². The first kappa shape index (κ1) is 13.7. The molecule has 3 nitrogen and oxygen atoms in total. The highest BCUT2D eigenvalue weighted by atomic mass is 19.2. The average molecular weight is 267 g/mol. The van der Waals surface area contributed by atoms with Crippen molar-refractivity contribution in [2.24, 2.45) is 4.99 Å². The van der Waals surface area contributed by atoms with Gasteiger partial charge in [-0.1, -0.05) is 12.8 Å². The summed E-state index contributed by atoms with van der Waals surface area (Å²) in [6, 6.07) is 2.84. The first-order valence-electron chi connectivity index (χ1n) is 6.35. The fourth-order valence-electron chi connectivity index (χ4n) is 2.65. The smallest absolute Gasteiger partial charge is 0.235 e. The van der Waals surface area contributed by atoms with Crippen LogP contribution in [-0.2, 0) is 10.3 Å². The van der Waals surface area contributed by atoms with E-state index in [2.05, 4.69) is 4.99 Å². The first-order chi connectivity index (χ1) is 9.14. The lowest BCUT2D eigenvalue weighted by Gasteiger charge is -2.24. The molecule has 1 aromatic rings. The maximum absolute atomic E-state index is 14.2. The number of hydrogen-bond acceptors (Lipinski definition) is 3. The molecule has 0 aromatic heterocycles. The van der Waals surface area contributed by atoms with Crippen LogP contribution < -0.4 is 4.74 Å². The molecule has 0 amide bonds. The third-order valence-corrected chi connectivity index (χ3v) is 3.54. The van der Waals surface area contributed by atoms with Crippen LogP contribution in [0.2, 0.25) is 0 Å². The summed E-state index contributed by atoms with van der Waals surface area (Å²) in [7, 11) is 0. The van der Waals surface area contributed by atoms with Crippen molar-refractivity contribution in [2.75, 3.05) is 6.61 Å². The van der Waals surface area contributed by atoms with Crippen molar-refractivity contribution in [3.63, 3.8) is 0 Å². The van der Waals surface area contributed by atoms with Gasteiger partial charge in [-0.05, 0) is 31.9 Å². The Morgan fingerprint density at radius 1 is 1.32 bits per heavy atom. The topological polar surface area (TPSA) is 38.7 Å². The number of carbonyl (C=O) groups excluding carboxylic acids is 1. The lowest BCUT2D eigenvalue weighted by atomic mass is 9.88. The van der Waals surface area contributed by atoms with Gasteiger partial charge in [0.25, 0.3) is 0 Å². The Hall–Kier alpha value is -1.74. The van der Waals surface area contributed by atoms with Crippen LogP contribution in [0.4, 0.5) is 8.78 Å². The number of hydrogen-bond donors (Lipinski definition) is 0. The standard InChI is InChI=1S/C14H15F2NO2/c1-2-19-11-6-5-10(12(15)13(11)16)14(17-9-18)7-3-4-8-14/h5-6H,2-4,7-8H2,1H3. The summed E-state index contributed by atoms with van der Waals surface area (Å²) in [5.41, 5.74) is -0.841.